The monoisotopic (exact) mass is 420 g/mol. The normalized spacial score (nSPS) is 21.8. The largest absolute Gasteiger partial charge is 0.377 e. The zero-order chi connectivity index (χ0) is 24.0. The maximum Gasteiger partial charge on any atom is 0.228 e. The molecule has 1 saturated heterocycles. The van der Waals surface area contributed by atoms with Crippen LogP contribution in [0.1, 0.15) is 40.3 Å². The summed E-state index contributed by atoms with van der Waals surface area (Å²) in [7, 11) is 0. The molecule has 2 atom stereocenters. The fraction of sp³-hybridized carbons (Fsp3) is 0.409. The summed E-state index contributed by atoms with van der Waals surface area (Å²) in [5.74, 6) is 6.79. The van der Waals surface area contributed by atoms with E-state index in [-0.39, 0.29) is 35.0 Å². The highest BCUT2D eigenvalue weighted by atomic mass is 16.5. The number of hydrogen-bond donors (Lipinski definition) is 2. The van der Waals surface area contributed by atoms with Gasteiger partial charge in [-0.2, -0.15) is 5.10 Å². The first kappa shape index (κ1) is 16.2. The summed E-state index contributed by atoms with van der Waals surface area (Å²) in [6.07, 6.45) is 4.22. The molecule has 3 aromatic rings. The predicted octanol–water partition coefficient (Wildman–Crippen LogP) is 2.14. The second kappa shape index (κ2) is 7.63. The molecule has 158 valence electrons. The zero-order valence-electron chi connectivity index (χ0n) is 20.1. The van der Waals surface area contributed by atoms with Crippen LogP contribution in [0.4, 0.5) is 11.6 Å². The van der Waals surface area contributed by atoms with Crippen LogP contribution in [0.15, 0.2) is 18.5 Å². The molecule has 31 heavy (non-hydrogen) atoms. The third kappa shape index (κ3) is 3.70. The molecule has 0 bridgehead atoms. The van der Waals surface area contributed by atoms with Gasteiger partial charge in [-0.15, -0.1) is 10.2 Å². The summed E-state index contributed by atoms with van der Waals surface area (Å²) in [5, 5.41) is 18.4. The zero-order valence-corrected chi connectivity index (χ0v) is 17.1. The first-order valence-corrected chi connectivity index (χ1v) is 10.1. The molecular weight excluding hydrogens is 394 g/mol. The molecule has 2 N–H and O–H groups in total. The first-order valence-electron chi connectivity index (χ1n) is 11.6. The number of aryl methyl sites for hydroxylation is 1. The van der Waals surface area contributed by atoms with Crippen molar-refractivity contribution in [2.45, 2.75) is 26.3 Å². The second-order valence-corrected chi connectivity index (χ2v) is 8.00. The molecule has 0 aromatic carbocycles. The van der Waals surface area contributed by atoms with Crippen LogP contribution >= 0.6 is 0 Å². The van der Waals surface area contributed by atoms with Gasteiger partial charge >= 0.3 is 0 Å². The molecule has 0 spiro atoms. The summed E-state index contributed by atoms with van der Waals surface area (Å²) in [4.78, 5) is 16.6. The SMILES string of the molecule is [2H]C([2H])([2H])Nc1ncc(C#Cc2cn(C3COC3)nc2C)c2cc(NC(=O)[C@H]3C[C@H]3C)nnc12. The van der Waals surface area contributed by atoms with Crippen molar-refractivity contribution in [1.82, 2.24) is 25.0 Å². The Bertz CT molecular complexity index is 1340. The second-order valence-electron chi connectivity index (χ2n) is 8.00. The lowest BCUT2D eigenvalue weighted by molar-refractivity contribution is -0.117. The van der Waals surface area contributed by atoms with E-state index in [9.17, 15) is 4.79 Å². The fourth-order valence-corrected chi connectivity index (χ4v) is 3.49. The number of fused-ring (bicyclic) bond motifs is 1. The molecule has 1 saturated carbocycles. The molecular formula is C22H23N7O2. The van der Waals surface area contributed by atoms with Crippen molar-refractivity contribution in [2.24, 2.45) is 11.8 Å². The standard InChI is InChI=1S/C22H23N7O2/c1-12-6-17(12)22(30)25-19-7-18-14(8-24-21(23-3)20(18)27-26-19)4-5-15-9-29(28-13(15)2)16-10-31-11-16/h7-9,12,16-17H,6,10-11H2,1-3H3,(H,23,24)(H,25,26,30)/t12-,17+/m1/s1/i3D3. The fourth-order valence-electron chi connectivity index (χ4n) is 3.49. The lowest BCUT2D eigenvalue weighted by atomic mass is 10.1. The van der Waals surface area contributed by atoms with Gasteiger partial charge < -0.3 is 15.4 Å². The maximum absolute atomic E-state index is 12.4. The smallest absolute Gasteiger partial charge is 0.228 e. The van der Waals surface area contributed by atoms with E-state index in [0.29, 0.717) is 30.1 Å². The minimum Gasteiger partial charge on any atom is -0.377 e. The number of carbonyl (C=O) groups is 1. The van der Waals surface area contributed by atoms with Crippen molar-refractivity contribution >= 4 is 28.4 Å². The van der Waals surface area contributed by atoms with Gasteiger partial charge in [-0.3, -0.25) is 9.48 Å². The van der Waals surface area contributed by atoms with Crippen LogP contribution in [0, 0.1) is 30.6 Å². The minimum atomic E-state index is -2.46. The van der Waals surface area contributed by atoms with Gasteiger partial charge in [0.1, 0.15) is 5.52 Å². The molecule has 1 amide bonds. The van der Waals surface area contributed by atoms with Crippen LogP contribution in [0.5, 0.6) is 0 Å². The van der Waals surface area contributed by atoms with Crippen molar-refractivity contribution in [3.05, 3.63) is 35.3 Å². The summed E-state index contributed by atoms with van der Waals surface area (Å²) in [6.45, 7) is 2.71. The van der Waals surface area contributed by atoms with Gasteiger partial charge in [-0.1, -0.05) is 18.8 Å². The van der Waals surface area contributed by atoms with Crippen molar-refractivity contribution < 1.29 is 13.6 Å². The van der Waals surface area contributed by atoms with Gasteiger partial charge in [0.25, 0.3) is 0 Å². The van der Waals surface area contributed by atoms with E-state index >= 15 is 0 Å². The van der Waals surface area contributed by atoms with E-state index in [4.69, 9.17) is 8.85 Å². The summed E-state index contributed by atoms with van der Waals surface area (Å²) >= 11 is 0. The van der Waals surface area contributed by atoms with Crippen molar-refractivity contribution in [3.8, 4) is 11.8 Å². The predicted molar refractivity (Wildman–Crippen MR) is 116 cm³/mol. The number of pyridine rings is 1. The van der Waals surface area contributed by atoms with Crippen molar-refractivity contribution in [2.75, 3.05) is 30.8 Å². The van der Waals surface area contributed by atoms with E-state index in [1.165, 1.54) is 6.20 Å². The van der Waals surface area contributed by atoms with Crippen LogP contribution in [0.2, 0.25) is 0 Å². The third-order valence-electron chi connectivity index (χ3n) is 5.69. The van der Waals surface area contributed by atoms with Crippen LogP contribution in [0.25, 0.3) is 10.9 Å². The summed E-state index contributed by atoms with van der Waals surface area (Å²) in [6, 6.07) is 1.86. The number of aromatic nitrogens is 5. The van der Waals surface area contributed by atoms with Crippen molar-refractivity contribution in [3.63, 3.8) is 0 Å². The Labute approximate surface area is 183 Å². The molecule has 2 fully saturated rings. The Kier molecular flexibility index (Phi) is 3.99. The van der Waals surface area contributed by atoms with Crippen LogP contribution in [-0.2, 0) is 9.53 Å². The van der Waals surface area contributed by atoms with Gasteiger partial charge in [0.15, 0.2) is 11.6 Å². The third-order valence-corrected chi connectivity index (χ3v) is 5.69. The number of nitrogens with zero attached hydrogens (tertiary/aromatic N) is 5. The number of carbonyl (C=O) groups excluding carboxylic acids is 1. The van der Waals surface area contributed by atoms with E-state index in [0.717, 1.165) is 17.7 Å². The average molecular weight is 420 g/mol. The Hall–Kier alpha value is -3.51. The lowest BCUT2D eigenvalue weighted by Crippen LogP contribution is -2.30. The number of anilines is 2. The Morgan fingerprint density at radius 2 is 2.13 bits per heavy atom. The molecule has 4 heterocycles. The first-order chi connectivity index (χ1) is 16.2. The molecule has 5 rings (SSSR count). The number of rotatable bonds is 4. The lowest BCUT2D eigenvalue weighted by Gasteiger charge is -2.25. The summed E-state index contributed by atoms with van der Waals surface area (Å²) < 4.78 is 29.6. The van der Waals surface area contributed by atoms with Gasteiger partial charge in [-0.05, 0) is 25.3 Å². The van der Waals surface area contributed by atoms with Crippen molar-refractivity contribution in [1.29, 1.82) is 0 Å². The topological polar surface area (TPSA) is 107 Å². The van der Waals surface area contributed by atoms with E-state index in [1.807, 2.05) is 24.7 Å². The Morgan fingerprint density at radius 3 is 2.84 bits per heavy atom. The molecule has 0 unspecified atom stereocenters. The highest BCUT2D eigenvalue weighted by Crippen LogP contribution is 2.38. The number of ether oxygens (including phenoxy) is 1. The number of amides is 1. The van der Waals surface area contributed by atoms with Crippen LogP contribution in [-0.4, -0.2) is 51.1 Å². The number of nitrogens with one attached hydrogen (secondary N) is 2. The molecule has 9 heteroatoms. The highest BCUT2D eigenvalue weighted by molar-refractivity contribution is 5.97. The Balaban J connectivity index is 1.52. The van der Waals surface area contributed by atoms with Crippen LogP contribution in [0.3, 0.4) is 0 Å². The van der Waals surface area contributed by atoms with E-state index < -0.39 is 6.98 Å². The molecule has 1 aliphatic carbocycles. The molecule has 2 aliphatic rings. The van der Waals surface area contributed by atoms with Gasteiger partial charge in [0.2, 0.25) is 5.91 Å². The Morgan fingerprint density at radius 1 is 1.32 bits per heavy atom. The highest BCUT2D eigenvalue weighted by Gasteiger charge is 2.39. The van der Waals surface area contributed by atoms with E-state index in [1.54, 1.807) is 6.07 Å². The molecule has 0 radical (unpaired) electrons. The quantitative estimate of drug-likeness (QED) is 0.623. The molecule has 3 aromatic heterocycles. The molecule has 9 nitrogen and oxygen atoms in total. The number of hydrogen-bond acceptors (Lipinski definition) is 7. The van der Waals surface area contributed by atoms with E-state index in [2.05, 4.69) is 42.8 Å². The minimum absolute atomic E-state index is 0.0254. The summed E-state index contributed by atoms with van der Waals surface area (Å²) in [5.41, 5.74) is 2.34. The maximum atomic E-state index is 12.4. The molecule has 1 aliphatic heterocycles. The van der Waals surface area contributed by atoms with Gasteiger partial charge in [0.05, 0.1) is 36.1 Å². The van der Waals surface area contributed by atoms with Crippen LogP contribution < -0.4 is 10.6 Å². The van der Waals surface area contributed by atoms with Gasteiger partial charge in [-0.25, -0.2) is 4.98 Å². The average Bonchev–Trinajstić information content (AvgIpc) is 3.35. The van der Waals surface area contributed by atoms with Gasteiger partial charge in [0, 0.05) is 34.8 Å².